The molecule has 0 spiro atoms. The fraction of sp³-hybridized carbons (Fsp3) is 0.615. The molecule has 1 unspecified atom stereocenters. The second kappa shape index (κ2) is 5.89. The Labute approximate surface area is 127 Å². The zero-order valence-corrected chi connectivity index (χ0v) is 14.0. The largest absolute Gasteiger partial charge is 0.350 e. The molecule has 1 saturated heterocycles. The summed E-state index contributed by atoms with van der Waals surface area (Å²) in [7, 11) is -2.89. The lowest BCUT2D eigenvalue weighted by atomic mass is 10.1. The van der Waals surface area contributed by atoms with Gasteiger partial charge in [0.05, 0.1) is 11.5 Å². The van der Waals surface area contributed by atoms with Gasteiger partial charge in [-0.3, -0.25) is 4.79 Å². The number of amides is 1. The van der Waals surface area contributed by atoms with E-state index in [1.807, 2.05) is 24.6 Å². The first-order valence-corrected chi connectivity index (χ1v) is 9.26. The first-order chi connectivity index (χ1) is 9.28. The van der Waals surface area contributed by atoms with Gasteiger partial charge in [0.15, 0.2) is 9.84 Å². The molecule has 1 aromatic rings. The highest BCUT2D eigenvalue weighted by Gasteiger charge is 2.28. The average molecular weight is 363 g/mol. The number of sulfone groups is 1. The number of aromatic nitrogens is 1. The summed E-state index contributed by atoms with van der Waals surface area (Å²) in [4.78, 5) is 12.2. The molecule has 7 heteroatoms. The molecule has 1 amide bonds. The topological polar surface area (TPSA) is 68.2 Å². The Bertz CT molecular complexity index is 607. The molecular formula is C13H19BrN2O3S. The molecule has 20 heavy (non-hydrogen) atoms. The van der Waals surface area contributed by atoms with E-state index in [0.29, 0.717) is 18.7 Å². The molecule has 1 fully saturated rings. The zero-order chi connectivity index (χ0) is 14.9. The lowest BCUT2D eigenvalue weighted by molar-refractivity contribution is 0.0937. The van der Waals surface area contributed by atoms with Crippen LogP contribution in [-0.2, 0) is 9.84 Å². The Kier molecular flexibility index (Phi) is 4.59. The molecule has 0 aromatic carbocycles. The number of halogens is 1. The molecule has 1 atom stereocenters. The van der Waals surface area contributed by atoms with Gasteiger partial charge < -0.3 is 9.88 Å². The van der Waals surface area contributed by atoms with Crippen LogP contribution in [-0.4, -0.2) is 36.9 Å². The maximum Gasteiger partial charge on any atom is 0.267 e. The molecule has 0 radical (unpaired) electrons. The lowest BCUT2D eigenvalue weighted by Gasteiger charge is -2.14. The second-order valence-corrected chi connectivity index (χ2v) is 8.67. The fourth-order valence-corrected chi connectivity index (χ4v) is 4.71. The van der Waals surface area contributed by atoms with Crippen molar-refractivity contribution in [2.75, 3.05) is 18.1 Å². The summed E-state index contributed by atoms with van der Waals surface area (Å²) >= 11 is 3.37. The van der Waals surface area contributed by atoms with Gasteiger partial charge in [0, 0.05) is 23.3 Å². The number of nitrogens with zero attached hydrogens (tertiary/aromatic N) is 1. The minimum Gasteiger partial charge on any atom is -0.350 e. The van der Waals surface area contributed by atoms with E-state index in [1.54, 1.807) is 6.07 Å². The number of hydrogen-bond acceptors (Lipinski definition) is 3. The van der Waals surface area contributed by atoms with E-state index in [0.717, 1.165) is 4.47 Å². The molecule has 1 aromatic heterocycles. The monoisotopic (exact) mass is 362 g/mol. The number of carbonyl (C=O) groups excluding carboxylic acids is 1. The van der Waals surface area contributed by atoms with E-state index in [2.05, 4.69) is 21.2 Å². The van der Waals surface area contributed by atoms with Crippen LogP contribution in [0.1, 0.15) is 36.8 Å². The van der Waals surface area contributed by atoms with Gasteiger partial charge in [-0.25, -0.2) is 8.42 Å². The summed E-state index contributed by atoms with van der Waals surface area (Å²) in [6.07, 6.45) is 2.51. The first-order valence-electron chi connectivity index (χ1n) is 6.64. The van der Waals surface area contributed by atoms with Gasteiger partial charge in [0.2, 0.25) is 0 Å². The van der Waals surface area contributed by atoms with Crippen LogP contribution in [0.4, 0.5) is 0 Å². The van der Waals surface area contributed by atoms with Crippen molar-refractivity contribution in [3.63, 3.8) is 0 Å². The van der Waals surface area contributed by atoms with Crippen molar-refractivity contribution in [2.45, 2.75) is 26.3 Å². The van der Waals surface area contributed by atoms with Gasteiger partial charge in [0.25, 0.3) is 5.91 Å². The Hall–Kier alpha value is -0.820. The van der Waals surface area contributed by atoms with E-state index in [9.17, 15) is 13.2 Å². The van der Waals surface area contributed by atoms with Crippen molar-refractivity contribution < 1.29 is 13.2 Å². The van der Waals surface area contributed by atoms with Crippen molar-refractivity contribution >= 4 is 31.7 Å². The smallest absolute Gasteiger partial charge is 0.267 e. The van der Waals surface area contributed by atoms with E-state index in [4.69, 9.17) is 0 Å². The van der Waals surface area contributed by atoms with Gasteiger partial charge in [0.1, 0.15) is 5.69 Å². The summed E-state index contributed by atoms with van der Waals surface area (Å²) in [6, 6.07) is 1.97. The van der Waals surface area contributed by atoms with Crippen LogP contribution in [0.15, 0.2) is 16.7 Å². The molecule has 1 N–H and O–H groups in total. The van der Waals surface area contributed by atoms with Crippen LogP contribution in [0.5, 0.6) is 0 Å². The van der Waals surface area contributed by atoms with Gasteiger partial charge >= 0.3 is 0 Å². The molecule has 112 valence electrons. The Balaban J connectivity index is 1.99. The van der Waals surface area contributed by atoms with Gasteiger partial charge in [-0.15, -0.1) is 0 Å². The highest BCUT2D eigenvalue weighted by molar-refractivity contribution is 9.10. The Morgan fingerprint density at radius 3 is 2.80 bits per heavy atom. The lowest BCUT2D eigenvalue weighted by Crippen LogP contribution is -2.31. The minimum atomic E-state index is -2.89. The number of carbonyl (C=O) groups is 1. The van der Waals surface area contributed by atoms with Gasteiger partial charge in [-0.1, -0.05) is 0 Å². The van der Waals surface area contributed by atoms with E-state index >= 15 is 0 Å². The average Bonchev–Trinajstić information content (AvgIpc) is 2.89. The fourth-order valence-electron chi connectivity index (χ4n) is 2.42. The van der Waals surface area contributed by atoms with Crippen LogP contribution in [0.25, 0.3) is 0 Å². The van der Waals surface area contributed by atoms with E-state index in [-0.39, 0.29) is 29.4 Å². The molecule has 0 saturated carbocycles. The van der Waals surface area contributed by atoms with Crippen LogP contribution in [0.2, 0.25) is 0 Å². The third-order valence-corrected chi connectivity index (χ3v) is 5.75. The van der Waals surface area contributed by atoms with Gasteiger partial charge in [-0.2, -0.15) is 0 Å². The molecule has 0 bridgehead atoms. The van der Waals surface area contributed by atoms with Crippen LogP contribution < -0.4 is 5.32 Å². The molecule has 1 aliphatic heterocycles. The first kappa shape index (κ1) is 15.6. The highest BCUT2D eigenvalue weighted by Crippen LogP contribution is 2.20. The predicted molar refractivity (Wildman–Crippen MR) is 81.6 cm³/mol. The summed E-state index contributed by atoms with van der Waals surface area (Å²) in [5.74, 6) is 0.299. The number of rotatable bonds is 4. The zero-order valence-electron chi connectivity index (χ0n) is 11.6. The molecule has 0 aliphatic carbocycles. The summed E-state index contributed by atoms with van der Waals surface area (Å²) in [5, 5.41) is 2.84. The van der Waals surface area contributed by atoms with E-state index < -0.39 is 9.84 Å². The van der Waals surface area contributed by atoms with Crippen molar-refractivity contribution in [1.82, 2.24) is 9.88 Å². The van der Waals surface area contributed by atoms with Crippen LogP contribution in [0.3, 0.4) is 0 Å². The summed E-state index contributed by atoms with van der Waals surface area (Å²) in [5.41, 5.74) is 0.590. The quantitative estimate of drug-likeness (QED) is 0.890. The third-order valence-electron chi connectivity index (χ3n) is 3.48. The van der Waals surface area contributed by atoms with Crippen molar-refractivity contribution in [2.24, 2.45) is 5.92 Å². The van der Waals surface area contributed by atoms with Crippen molar-refractivity contribution in [3.8, 4) is 0 Å². The molecule has 1 aliphatic rings. The maximum absolute atomic E-state index is 12.2. The van der Waals surface area contributed by atoms with Crippen LogP contribution >= 0.6 is 15.9 Å². The van der Waals surface area contributed by atoms with E-state index in [1.165, 1.54) is 0 Å². The maximum atomic E-state index is 12.2. The van der Waals surface area contributed by atoms with Crippen LogP contribution in [0, 0.1) is 5.92 Å². The summed E-state index contributed by atoms with van der Waals surface area (Å²) in [6.45, 7) is 4.43. The highest BCUT2D eigenvalue weighted by atomic mass is 79.9. The second-order valence-electron chi connectivity index (χ2n) is 5.52. The van der Waals surface area contributed by atoms with Crippen molar-refractivity contribution in [3.05, 3.63) is 22.4 Å². The normalized spacial score (nSPS) is 21.3. The minimum absolute atomic E-state index is 0.0369. The van der Waals surface area contributed by atoms with Gasteiger partial charge in [-0.05, 0) is 48.2 Å². The number of nitrogens with one attached hydrogen (secondary N) is 1. The third kappa shape index (κ3) is 3.63. The summed E-state index contributed by atoms with van der Waals surface area (Å²) < 4.78 is 25.5. The molecule has 2 heterocycles. The Morgan fingerprint density at radius 2 is 2.25 bits per heavy atom. The molecule has 2 rings (SSSR count). The predicted octanol–water partition coefficient (Wildman–Crippen LogP) is 2.00. The standard InChI is InChI=1S/C13H19BrN2O3S/c1-9(2)16-7-11(14)5-12(16)13(17)15-6-10-3-4-20(18,19)8-10/h5,7,9-10H,3-4,6,8H2,1-2H3,(H,15,17). The molecule has 5 nitrogen and oxygen atoms in total. The SMILES string of the molecule is CC(C)n1cc(Br)cc1C(=O)NCC1CCS(=O)(=O)C1. The Morgan fingerprint density at radius 1 is 1.55 bits per heavy atom. The molecular weight excluding hydrogens is 344 g/mol. The number of hydrogen-bond donors (Lipinski definition) is 1. The van der Waals surface area contributed by atoms with Crippen molar-refractivity contribution in [1.29, 1.82) is 0 Å².